The second-order valence-corrected chi connectivity index (χ2v) is 4.50. The van der Waals surface area contributed by atoms with Crippen LogP contribution in [0.1, 0.15) is 33.6 Å². The van der Waals surface area contributed by atoms with E-state index in [2.05, 4.69) is 4.74 Å². The molecule has 0 radical (unpaired) electrons. The molecule has 0 rings (SSSR count). The van der Waals surface area contributed by atoms with Crippen LogP contribution in [0.4, 0.5) is 13.2 Å². The highest BCUT2D eigenvalue weighted by Crippen LogP contribution is 2.40. The van der Waals surface area contributed by atoms with Gasteiger partial charge in [-0.3, -0.25) is 9.59 Å². The first-order valence-corrected chi connectivity index (χ1v) is 5.52. The van der Waals surface area contributed by atoms with E-state index < -0.39 is 36.4 Å². The van der Waals surface area contributed by atoms with E-state index in [4.69, 9.17) is 5.11 Å². The smallest absolute Gasteiger partial charge is 0.390 e. The van der Waals surface area contributed by atoms with Gasteiger partial charge in [0.1, 0.15) is 0 Å². The van der Waals surface area contributed by atoms with E-state index in [0.717, 1.165) is 0 Å². The number of hydrogen-bond donors (Lipinski definition) is 1. The lowest BCUT2D eigenvalue weighted by Gasteiger charge is -2.29. The molecular formula is C11H17F3O4. The van der Waals surface area contributed by atoms with Crippen LogP contribution in [-0.4, -0.2) is 29.8 Å². The highest BCUT2D eigenvalue weighted by molar-refractivity contribution is 5.99. The zero-order chi connectivity index (χ0) is 14.6. The Hall–Kier alpha value is -1.27. The van der Waals surface area contributed by atoms with Crippen molar-refractivity contribution < 1.29 is 32.6 Å². The largest absolute Gasteiger partial charge is 0.480 e. The highest BCUT2D eigenvalue weighted by Gasteiger charge is 2.54. The van der Waals surface area contributed by atoms with E-state index in [1.165, 1.54) is 6.92 Å². The first kappa shape index (κ1) is 16.7. The summed E-state index contributed by atoms with van der Waals surface area (Å²) in [6.45, 7) is 4.35. The summed E-state index contributed by atoms with van der Waals surface area (Å²) in [5.41, 5.74) is -2.55. The molecule has 0 aromatic heterocycles. The molecule has 7 heteroatoms. The number of carboxylic acid groups (broad SMARTS) is 1. The van der Waals surface area contributed by atoms with Gasteiger partial charge < -0.3 is 9.84 Å². The average molecular weight is 270 g/mol. The van der Waals surface area contributed by atoms with Crippen molar-refractivity contribution in [2.75, 3.05) is 6.61 Å². The molecule has 1 N–H and O–H groups in total. The summed E-state index contributed by atoms with van der Waals surface area (Å²) in [5, 5.41) is 9.03. The van der Waals surface area contributed by atoms with Crippen molar-refractivity contribution in [2.24, 2.45) is 11.3 Å². The second-order valence-electron chi connectivity index (χ2n) is 4.50. The number of halogens is 3. The molecule has 0 aliphatic rings. The number of alkyl halides is 3. The summed E-state index contributed by atoms with van der Waals surface area (Å²) in [5.74, 6) is -3.51. The maximum atomic E-state index is 12.5. The van der Waals surface area contributed by atoms with Crippen molar-refractivity contribution in [2.45, 2.75) is 39.8 Å². The maximum absolute atomic E-state index is 12.5. The third kappa shape index (κ3) is 4.54. The third-order valence-corrected chi connectivity index (χ3v) is 2.33. The van der Waals surface area contributed by atoms with Crippen molar-refractivity contribution in [1.29, 1.82) is 0 Å². The van der Waals surface area contributed by atoms with Crippen LogP contribution in [0.3, 0.4) is 0 Å². The second kappa shape index (κ2) is 6.06. The van der Waals surface area contributed by atoms with Gasteiger partial charge in [-0.25, -0.2) is 0 Å². The summed E-state index contributed by atoms with van der Waals surface area (Å²) in [4.78, 5) is 22.8. The molecule has 0 amide bonds. The van der Waals surface area contributed by atoms with Crippen molar-refractivity contribution in [3.05, 3.63) is 0 Å². The zero-order valence-corrected chi connectivity index (χ0v) is 10.5. The van der Waals surface area contributed by atoms with Gasteiger partial charge in [-0.15, -0.1) is 0 Å². The van der Waals surface area contributed by atoms with Gasteiger partial charge in [-0.05, 0) is 19.3 Å². The Morgan fingerprint density at radius 1 is 1.28 bits per heavy atom. The number of ether oxygens (including phenoxy) is 1. The molecule has 0 heterocycles. The predicted octanol–water partition coefficient (Wildman–Crippen LogP) is 2.62. The number of carboxylic acids is 1. The van der Waals surface area contributed by atoms with E-state index >= 15 is 0 Å². The first-order valence-electron chi connectivity index (χ1n) is 5.52. The molecule has 0 aliphatic carbocycles. The Morgan fingerprint density at radius 2 is 1.78 bits per heavy atom. The lowest BCUT2D eigenvalue weighted by molar-refractivity contribution is -0.195. The fraction of sp³-hybridized carbons (Fsp3) is 0.818. The van der Waals surface area contributed by atoms with Gasteiger partial charge in [0, 0.05) is 0 Å². The minimum atomic E-state index is -4.75. The molecule has 18 heavy (non-hydrogen) atoms. The van der Waals surface area contributed by atoms with Gasteiger partial charge in [0.15, 0.2) is 5.41 Å². The minimum absolute atomic E-state index is 0.163. The Labute approximate surface area is 103 Å². The molecular weight excluding hydrogens is 253 g/mol. The minimum Gasteiger partial charge on any atom is -0.480 e. The van der Waals surface area contributed by atoms with Crippen LogP contribution in [0.2, 0.25) is 0 Å². The number of carbonyl (C=O) groups is 2. The Balaban J connectivity index is 5.42. The van der Waals surface area contributed by atoms with Gasteiger partial charge in [0.2, 0.25) is 0 Å². The van der Waals surface area contributed by atoms with Crippen molar-refractivity contribution in [1.82, 2.24) is 0 Å². The molecule has 1 atom stereocenters. The standard InChI is InChI=1S/C11H17F3O4/c1-4-18-9(17)10(8(15)16,5-7(2)3)6-11(12,13)14/h7H,4-6H2,1-3H3,(H,15,16). The summed E-state index contributed by atoms with van der Waals surface area (Å²) >= 11 is 0. The fourth-order valence-electron chi connectivity index (χ4n) is 1.79. The van der Waals surface area contributed by atoms with Gasteiger partial charge in [-0.2, -0.15) is 13.2 Å². The summed E-state index contributed by atoms with van der Waals surface area (Å²) < 4.78 is 42.0. The molecule has 4 nitrogen and oxygen atoms in total. The molecule has 0 spiro atoms. The number of carbonyl (C=O) groups excluding carboxylic acids is 1. The molecule has 0 saturated heterocycles. The predicted molar refractivity (Wildman–Crippen MR) is 56.8 cm³/mol. The molecule has 0 aromatic rings. The number of hydrogen-bond acceptors (Lipinski definition) is 3. The van der Waals surface area contributed by atoms with Gasteiger partial charge in [-0.1, -0.05) is 13.8 Å². The monoisotopic (exact) mass is 270 g/mol. The summed E-state index contributed by atoms with van der Waals surface area (Å²) in [7, 11) is 0. The molecule has 106 valence electrons. The SMILES string of the molecule is CCOC(=O)C(CC(C)C)(CC(F)(F)F)C(=O)O. The van der Waals surface area contributed by atoms with Crippen molar-refractivity contribution in [3.63, 3.8) is 0 Å². The third-order valence-electron chi connectivity index (χ3n) is 2.33. The molecule has 0 bridgehead atoms. The first-order chi connectivity index (χ1) is 8.05. The Bertz CT molecular complexity index is 312. The van der Waals surface area contributed by atoms with Crippen molar-refractivity contribution >= 4 is 11.9 Å². The normalized spacial score (nSPS) is 15.3. The van der Waals surface area contributed by atoms with Crippen LogP contribution < -0.4 is 0 Å². The Kier molecular flexibility index (Phi) is 5.63. The lowest BCUT2D eigenvalue weighted by atomic mass is 9.77. The Morgan fingerprint density at radius 3 is 2.06 bits per heavy atom. The number of esters is 1. The van der Waals surface area contributed by atoms with Crippen LogP contribution in [0.15, 0.2) is 0 Å². The van der Waals surface area contributed by atoms with E-state index in [1.54, 1.807) is 13.8 Å². The van der Waals surface area contributed by atoms with Gasteiger partial charge in [0.05, 0.1) is 13.0 Å². The molecule has 1 unspecified atom stereocenters. The molecule has 0 fully saturated rings. The van der Waals surface area contributed by atoms with Crippen LogP contribution in [-0.2, 0) is 14.3 Å². The number of aliphatic carboxylic acids is 1. The molecule has 0 aromatic carbocycles. The quantitative estimate of drug-likeness (QED) is 0.595. The van der Waals surface area contributed by atoms with Gasteiger partial charge >= 0.3 is 18.1 Å². The van der Waals surface area contributed by atoms with E-state index in [9.17, 15) is 22.8 Å². The van der Waals surface area contributed by atoms with E-state index in [1.807, 2.05) is 0 Å². The van der Waals surface area contributed by atoms with Crippen molar-refractivity contribution in [3.8, 4) is 0 Å². The van der Waals surface area contributed by atoms with E-state index in [-0.39, 0.29) is 12.5 Å². The van der Waals surface area contributed by atoms with Gasteiger partial charge in [0.25, 0.3) is 0 Å². The van der Waals surface area contributed by atoms with E-state index in [0.29, 0.717) is 0 Å². The summed E-state index contributed by atoms with van der Waals surface area (Å²) in [6, 6.07) is 0. The highest BCUT2D eigenvalue weighted by atomic mass is 19.4. The number of rotatable bonds is 6. The summed E-state index contributed by atoms with van der Waals surface area (Å²) in [6.07, 6.45) is -6.88. The fourth-order valence-corrected chi connectivity index (χ4v) is 1.79. The maximum Gasteiger partial charge on any atom is 0.390 e. The van der Waals surface area contributed by atoms with Crippen LogP contribution >= 0.6 is 0 Å². The average Bonchev–Trinajstić information content (AvgIpc) is 2.13. The van der Waals surface area contributed by atoms with Crippen LogP contribution in [0.25, 0.3) is 0 Å². The molecule has 0 saturated carbocycles. The topological polar surface area (TPSA) is 63.6 Å². The van der Waals surface area contributed by atoms with Crippen LogP contribution in [0, 0.1) is 11.3 Å². The lowest BCUT2D eigenvalue weighted by Crippen LogP contribution is -2.45. The molecule has 0 aliphatic heterocycles. The zero-order valence-electron chi connectivity index (χ0n) is 10.5. The van der Waals surface area contributed by atoms with Crippen LogP contribution in [0.5, 0.6) is 0 Å².